The Bertz CT molecular complexity index is 680. The molecule has 2 rings (SSSR count). The lowest BCUT2D eigenvalue weighted by atomic mass is 9.82. The van der Waals surface area contributed by atoms with Gasteiger partial charge < -0.3 is 10.4 Å². The molecule has 0 spiro atoms. The first-order valence-electron chi connectivity index (χ1n) is 9.01. The van der Waals surface area contributed by atoms with Crippen LogP contribution in [-0.2, 0) is 0 Å². The number of rotatable bonds is 8. The fourth-order valence-electron chi connectivity index (χ4n) is 3.27. The quantitative estimate of drug-likeness (QED) is 0.682. The number of phenolic OH excluding ortho intramolecular Hbond substituents is 1. The number of benzene rings is 2. The molecule has 0 radical (unpaired) electrons. The molecule has 2 atom stereocenters. The van der Waals surface area contributed by atoms with Gasteiger partial charge >= 0.3 is 0 Å². The summed E-state index contributed by atoms with van der Waals surface area (Å²) in [6, 6.07) is 16.0. The van der Waals surface area contributed by atoms with E-state index >= 15 is 0 Å². The predicted molar refractivity (Wildman–Crippen MR) is 103 cm³/mol. The molecule has 0 fully saturated rings. The van der Waals surface area contributed by atoms with Crippen LogP contribution in [0.4, 0.5) is 0 Å². The summed E-state index contributed by atoms with van der Waals surface area (Å²) in [7, 11) is 0. The van der Waals surface area contributed by atoms with Crippen LogP contribution in [0.3, 0.4) is 0 Å². The zero-order chi connectivity index (χ0) is 18.4. The second-order valence-corrected chi connectivity index (χ2v) is 7.31. The lowest BCUT2D eigenvalue weighted by molar-refractivity contribution is 0.112. The van der Waals surface area contributed by atoms with Crippen LogP contribution in [0.2, 0.25) is 0 Å². The highest BCUT2D eigenvalue weighted by Crippen LogP contribution is 2.36. The highest BCUT2D eigenvalue weighted by molar-refractivity contribution is 5.76. The number of nitrogens with one attached hydrogen (secondary N) is 1. The van der Waals surface area contributed by atoms with E-state index in [1.807, 2.05) is 24.3 Å². The minimum Gasteiger partial charge on any atom is -0.508 e. The number of carbonyl (C=O) groups is 1. The van der Waals surface area contributed by atoms with Crippen LogP contribution in [0, 0.1) is 5.92 Å². The fraction of sp³-hybridized carbons (Fsp3) is 0.409. The van der Waals surface area contributed by atoms with Crippen molar-refractivity contribution in [2.24, 2.45) is 5.92 Å². The third-order valence-electron chi connectivity index (χ3n) is 4.61. The topological polar surface area (TPSA) is 49.3 Å². The Balaban J connectivity index is 2.45. The first kappa shape index (κ1) is 19.2. The van der Waals surface area contributed by atoms with Crippen molar-refractivity contribution < 1.29 is 9.90 Å². The van der Waals surface area contributed by atoms with Gasteiger partial charge in [-0.25, -0.2) is 0 Å². The summed E-state index contributed by atoms with van der Waals surface area (Å²) >= 11 is 0. The van der Waals surface area contributed by atoms with Crippen molar-refractivity contribution in [1.82, 2.24) is 5.32 Å². The van der Waals surface area contributed by atoms with Crippen LogP contribution in [-0.4, -0.2) is 23.5 Å². The third-order valence-corrected chi connectivity index (χ3v) is 4.61. The molecule has 0 aromatic heterocycles. The van der Waals surface area contributed by atoms with Gasteiger partial charge in [-0.2, -0.15) is 0 Å². The van der Waals surface area contributed by atoms with Gasteiger partial charge in [-0.3, -0.25) is 4.79 Å². The highest BCUT2D eigenvalue weighted by atomic mass is 16.3. The second-order valence-electron chi connectivity index (χ2n) is 7.31. The van der Waals surface area contributed by atoms with Crippen LogP contribution < -0.4 is 5.32 Å². The molecule has 2 unspecified atom stereocenters. The van der Waals surface area contributed by atoms with E-state index in [0.717, 1.165) is 23.8 Å². The summed E-state index contributed by atoms with van der Waals surface area (Å²) in [5.41, 5.74) is 2.55. The second kappa shape index (κ2) is 8.82. The Hall–Kier alpha value is -2.13. The van der Waals surface area contributed by atoms with Crippen molar-refractivity contribution in [2.45, 2.75) is 52.1 Å². The standard InChI is InChI=1S/C22H29NO2/c1-15(2)21(23-16(3)4)13-19(18-8-6-5-7-9-18)20-12-17(14-24)10-11-22(20)25/h5-12,14-16,19,21,23,25H,13H2,1-4H3. The molecule has 2 aromatic rings. The molecule has 0 bridgehead atoms. The smallest absolute Gasteiger partial charge is 0.150 e. The van der Waals surface area contributed by atoms with Gasteiger partial charge in [0.25, 0.3) is 0 Å². The fourth-order valence-corrected chi connectivity index (χ4v) is 3.27. The van der Waals surface area contributed by atoms with Crippen molar-refractivity contribution in [1.29, 1.82) is 0 Å². The molecule has 134 valence electrons. The molecule has 2 aromatic carbocycles. The summed E-state index contributed by atoms with van der Waals surface area (Å²) in [6.45, 7) is 8.72. The average Bonchev–Trinajstić information content (AvgIpc) is 2.59. The number of hydrogen-bond donors (Lipinski definition) is 2. The molecule has 0 aliphatic carbocycles. The molecule has 0 saturated carbocycles. The van der Waals surface area contributed by atoms with E-state index in [1.54, 1.807) is 12.1 Å². The van der Waals surface area contributed by atoms with E-state index in [-0.39, 0.29) is 11.7 Å². The Morgan fingerprint density at radius 2 is 1.72 bits per heavy atom. The maximum absolute atomic E-state index is 11.2. The minimum atomic E-state index is 0.0275. The zero-order valence-electron chi connectivity index (χ0n) is 15.6. The SMILES string of the molecule is CC(C)NC(CC(c1ccccc1)c1cc(C=O)ccc1O)C(C)C. The Morgan fingerprint density at radius 1 is 1.04 bits per heavy atom. The van der Waals surface area contributed by atoms with Gasteiger partial charge in [-0.1, -0.05) is 58.0 Å². The number of aromatic hydroxyl groups is 1. The molecule has 0 saturated heterocycles. The molecule has 0 heterocycles. The third kappa shape index (κ3) is 5.17. The largest absolute Gasteiger partial charge is 0.508 e. The van der Waals surface area contributed by atoms with Crippen molar-refractivity contribution in [2.75, 3.05) is 0 Å². The maximum Gasteiger partial charge on any atom is 0.150 e. The summed E-state index contributed by atoms with van der Waals surface area (Å²) in [6.07, 6.45) is 1.69. The van der Waals surface area contributed by atoms with Crippen LogP contribution in [0.1, 0.15) is 61.5 Å². The molecule has 25 heavy (non-hydrogen) atoms. The first-order valence-corrected chi connectivity index (χ1v) is 9.01. The summed E-state index contributed by atoms with van der Waals surface area (Å²) in [5.74, 6) is 0.733. The van der Waals surface area contributed by atoms with Crippen LogP contribution in [0.15, 0.2) is 48.5 Å². The molecule has 0 aliphatic rings. The molecular weight excluding hydrogens is 310 g/mol. The van der Waals surface area contributed by atoms with Crippen LogP contribution in [0.5, 0.6) is 5.75 Å². The number of hydrogen-bond acceptors (Lipinski definition) is 3. The van der Waals surface area contributed by atoms with E-state index in [2.05, 4.69) is 45.1 Å². The highest BCUT2D eigenvalue weighted by Gasteiger charge is 2.24. The van der Waals surface area contributed by atoms with E-state index < -0.39 is 0 Å². The Morgan fingerprint density at radius 3 is 2.28 bits per heavy atom. The minimum absolute atomic E-state index is 0.0275. The number of carbonyl (C=O) groups excluding carboxylic acids is 1. The summed E-state index contributed by atoms with van der Waals surface area (Å²) in [4.78, 5) is 11.2. The van der Waals surface area contributed by atoms with E-state index in [9.17, 15) is 9.90 Å². The van der Waals surface area contributed by atoms with Crippen LogP contribution >= 0.6 is 0 Å². The maximum atomic E-state index is 11.2. The van der Waals surface area contributed by atoms with Gasteiger partial charge in [0.05, 0.1) is 0 Å². The van der Waals surface area contributed by atoms with Gasteiger partial charge in [0.2, 0.25) is 0 Å². The zero-order valence-corrected chi connectivity index (χ0v) is 15.6. The molecule has 3 nitrogen and oxygen atoms in total. The number of phenols is 1. The van der Waals surface area contributed by atoms with Crippen molar-refractivity contribution in [3.63, 3.8) is 0 Å². The summed E-state index contributed by atoms with van der Waals surface area (Å²) < 4.78 is 0. The van der Waals surface area contributed by atoms with Gasteiger partial charge in [-0.15, -0.1) is 0 Å². The molecule has 0 aliphatic heterocycles. The van der Waals surface area contributed by atoms with E-state index in [1.165, 1.54) is 0 Å². The van der Waals surface area contributed by atoms with Crippen molar-refractivity contribution >= 4 is 6.29 Å². The number of aldehydes is 1. The van der Waals surface area contributed by atoms with Gasteiger partial charge in [0.15, 0.2) is 0 Å². The molecule has 2 N–H and O–H groups in total. The monoisotopic (exact) mass is 339 g/mol. The lowest BCUT2D eigenvalue weighted by Crippen LogP contribution is -2.39. The Kier molecular flexibility index (Phi) is 6.77. The molecular formula is C22H29NO2. The van der Waals surface area contributed by atoms with Crippen molar-refractivity contribution in [3.8, 4) is 5.75 Å². The van der Waals surface area contributed by atoms with E-state index in [0.29, 0.717) is 23.6 Å². The molecule has 0 amide bonds. The van der Waals surface area contributed by atoms with Crippen molar-refractivity contribution in [3.05, 3.63) is 65.2 Å². The van der Waals surface area contributed by atoms with Gasteiger partial charge in [0.1, 0.15) is 12.0 Å². The predicted octanol–water partition coefficient (Wildman–Crippen LogP) is 4.75. The van der Waals surface area contributed by atoms with Crippen LogP contribution in [0.25, 0.3) is 0 Å². The van der Waals surface area contributed by atoms with E-state index in [4.69, 9.17) is 0 Å². The van der Waals surface area contributed by atoms with Gasteiger partial charge in [-0.05, 0) is 36.1 Å². The first-order chi connectivity index (χ1) is 11.9. The lowest BCUT2D eigenvalue weighted by Gasteiger charge is -2.30. The van der Waals surface area contributed by atoms with Gasteiger partial charge in [0, 0.05) is 29.1 Å². The molecule has 3 heteroatoms. The Labute approximate surface area is 151 Å². The summed E-state index contributed by atoms with van der Waals surface area (Å²) in [5, 5.41) is 14.1. The normalized spacial score (nSPS) is 13.8. The average molecular weight is 339 g/mol.